The van der Waals surface area contributed by atoms with E-state index in [1.165, 1.54) is 16.2 Å². The van der Waals surface area contributed by atoms with Crippen LogP contribution in [0.1, 0.15) is 33.7 Å². The molecular weight excluding hydrogens is 316 g/mol. The number of hydrogen-bond donors (Lipinski definition) is 1. The van der Waals surface area contributed by atoms with Crippen molar-refractivity contribution in [2.24, 2.45) is 5.92 Å². The van der Waals surface area contributed by atoms with E-state index in [0.29, 0.717) is 11.6 Å². The van der Waals surface area contributed by atoms with E-state index in [2.05, 4.69) is 27.1 Å². The van der Waals surface area contributed by atoms with Gasteiger partial charge in [-0.05, 0) is 19.3 Å². The molecule has 0 spiro atoms. The number of piperidine rings is 1. The molecule has 0 unspecified atom stereocenters. The third kappa shape index (κ3) is 3.71. The zero-order valence-corrected chi connectivity index (χ0v) is 14.4. The predicted molar refractivity (Wildman–Crippen MR) is 89.3 cm³/mol. The van der Waals surface area contributed by atoms with Crippen molar-refractivity contribution in [2.45, 2.75) is 32.9 Å². The van der Waals surface area contributed by atoms with Crippen LogP contribution in [-0.2, 0) is 6.54 Å². The van der Waals surface area contributed by atoms with Crippen LogP contribution in [0.3, 0.4) is 0 Å². The Bertz CT molecular complexity index is 625. The molecule has 7 heteroatoms. The molecule has 2 atom stereocenters. The highest BCUT2D eigenvalue weighted by molar-refractivity contribution is 7.11. The van der Waals surface area contributed by atoms with Gasteiger partial charge in [0.05, 0.1) is 10.5 Å². The summed E-state index contributed by atoms with van der Waals surface area (Å²) in [6.07, 6.45) is 2.95. The van der Waals surface area contributed by atoms with Gasteiger partial charge in [-0.25, -0.2) is 9.97 Å². The Morgan fingerprint density at radius 3 is 3.00 bits per heavy atom. The van der Waals surface area contributed by atoms with Crippen molar-refractivity contribution in [3.8, 4) is 0 Å². The van der Waals surface area contributed by atoms with Crippen molar-refractivity contribution in [1.29, 1.82) is 0 Å². The topological polar surface area (TPSA) is 58.1 Å². The maximum Gasteiger partial charge on any atom is 0.270 e. The lowest BCUT2D eigenvalue weighted by Crippen LogP contribution is -2.49. The van der Waals surface area contributed by atoms with Gasteiger partial charge in [-0.2, -0.15) is 0 Å². The van der Waals surface area contributed by atoms with Gasteiger partial charge in [-0.15, -0.1) is 22.7 Å². The van der Waals surface area contributed by atoms with Crippen molar-refractivity contribution in [2.75, 3.05) is 13.1 Å². The van der Waals surface area contributed by atoms with Gasteiger partial charge in [0.25, 0.3) is 5.91 Å². The molecule has 3 heterocycles. The van der Waals surface area contributed by atoms with E-state index in [9.17, 15) is 4.79 Å². The largest absolute Gasteiger partial charge is 0.348 e. The average Bonchev–Trinajstić information content (AvgIpc) is 3.13. The lowest BCUT2D eigenvalue weighted by Gasteiger charge is -2.36. The molecule has 0 aliphatic carbocycles. The number of nitrogens with zero attached hydrogens (tertiary/aromatic N) is 3. The highest BCUT2D eigenvalue weighted by Crippen LogP contribution is 2.21. The van der Waals surface area contributed by atoms with Crippen LogP contribution in [0.15, 0.2) is 17.1 Å². The van der Waals surface area contributed by atoms with Gasteiger partial charge >= 0.3 is 0 Å². The van der Waals surface area contributed by atoms with Gasteiger partial charge in [-0.1, -0.05) is 6.92 Å². The Morgan fingerprint density at radius 1 is 1.50 bits per heavy atom. The van der Waals surface area contributed by atoms with Crippen LogP contribution < -0.4 is 5.32 Å². The fraction of sp³-hybridized carbons (Fsp3) is 0.533. The summed E-state index contributed by atoms with van der Waals surface area (Å²) in [5, 5.41) is 6.04. The van der Waals surface area contributed by atoms with E-state index in [-0.39, 0.29) is 11.9 Å². The van der Waals surface area contributed by atoms with Gasteiger partial charge in [0, 0.05) is 42.1 Å². The van der Waals surface area contributed by atoms with Gasteiger partial charge in [-0.3, -0.25) is 9.69 Å². The standard InChI is InChI=1S/C15H20N4OS2/c1-10-6-19(7-12-5-16-11(2)22-12)4-3-13(10)18-15(20)14-8-21-9-17-14/h5,8-10,13H,3-4,6-7H2,1-2H3,(H,18,20)/t10-,13+/m1/s1. The van der Waals surface area contributed by atoms with Crippen molar-refractivity contribution < 1.29 is 4.79 Å². The zero-order chi connectivity index (χ0) is 15.5. The van der Waals surface area contributed by atoms with Crippen molar-refractivity contribution in [3.63, 3.8) is 0 Å². The summed E-state index contributed by atoms with van der Waals surface area (Å²) < 4.78 is 0. The fourth-order valence-corrected chi connectivity index (χ4v) is 4.23. The minimum Gasteiger partial charge on any atom is -0.348 e. The van der Waals surface area contributed by atoms with Crippen LogP contribution in [0.2, 0.25) is 0 Å². The molecule has 0 aromatic carbocycles. The van der Waals surface area contributed by atoms with Gasteiger partial charge < -0.3 is 5.32 Å². The molecule has 3 rings (SSSR count). The van der Waals surface area contributed by atoms with Crippen molar-refractivity contribution >= 4 is 28.6 Å². The molecule has 0 bridgehead atoms. The Labute approximate surface area is 138 Å². The fourth-order valence-electron chi connectivity index (χ4n) is 2.86. The van der Waals surface area contributed by atoms with Gasteiger partial charge in [0.2, 0.25) is 0 Å². The molecule has 22 heavy (non-hydrogen) atoms. The molecule has 2 aromatic rings. The number of likely N-dealkylation sites (tertiary alicyclic amines) is 1. The summed E-state index contributed by atoms with van der Waals surface area (Å²) in [5.41, 5.74) is 2.22. The molecule has 1 aliphatic heterocycles. The molecule has 1 N–H and O–H groups in total. The van der Waals surface area contributed by atoms with E-state index >= 15 is 0 Å². The molecule has 5 nitrogen and oxygen atoms in total. The van der Waals surface area contributed by atoms with Gasteiger partial charge in [0.15, 0.2) is 0 Å². The highest BCUT2D eigenvalue weighted by Gasteiger charge is 2.28. The molecule has 1 amide bonds. The van der Waals surface area contributed by atoms with Crippen LogP contribution in [0, 0.1) is 12.8 Å². The summed E-state index contributed by atoms with van der Waals surface area (Å²) in [7, 11) is 0. The summed E-state index contributed by atoms with van der Waals surface area (Å²) in [4.78, 5) is 24.3. The molecule has 2 aromatic heterocycles. The molecule has 1 aliphatic rings. The maximum atomic E-state index is 12.1. The van der Waals surface area contributed by atoms with E-state index in [0.717, 1.165) is 31.1 Å². The molecular formula is C15H20N4OS2. The zero-order valence-electron chi connectivity index (χ0n) is 12.8. The third-order valence-corrected chi connectivity index (χ3v) is 5.50. The summed E-state index contributed by atoms with van der Waals surface area (Å²) in [6.45, 7) is 7.21. The Balaban J connectivity index is 1.52. The highest BCUT2D eigenvalue weighted by atomic mass is 32.1. The second-order valence-corrected chi connectivity index (χ2v) is 7.84. The number of aromatic nitrogens is 2. The quantitative estimate of drug-likeness (QED) is 0.932. The van der Waals surface area contributed by atoms with Crippen LogP contribution in [0.5, 0.6) is 0 Å². The van der Waals surface area contributed by atoms with Crippen LogP contribution >= 0.6 is 22.7 Å². The summed E-state index contributed by atoms with van der Waals surface area (Å²) in [5.74, 6) is 0.384. The SMILES string of the molecule is Cc1ncc(CN2CC[C@H](NC(=O)c3cscn3)[C@H](C)C2)s1. The second-order valence-electron chi connectivity index (χ2n) is 5.80. The number of thiazole rings is 2. The second kappa shape index (κ2) is 6.85. The number of nitrogens with one attached hydrogen (secondary N) is 1. The maximum absolute atomic E-state index is 12.1. The third-order valence-electron chi connectivity index (χ3n) is 4.02. The lowest BCUT2D eigenvalue weighted by atomic mass is 9.93. The average molecular weight is 336 g/mol. The smallest absolute Gasteiger partial charge is 0.270 e. The number of aryl methyl sites for hydroxylation is 1. The normalized spacial score (nSPS) is 22.6. The molecule has 0 saturated carbocycles. The van der Waals surface area contributed by atoms with Crippen LogP contribution in [-0.4, -0.2) is 39.9 Å². The van der Waals surface area contributed by atoms with Crippen LogP contribution in [0.4, 0.5) is 0 Å². The Hall–Kier alpha value is -1.31. The first kappa shape index (κ1) is 15.6. The van der Waals surface area contributed by atoms with Gasteiger partial charge in [0.1, 0.15) is 5.69 Å². The molecule has 0 radical (unpaired) electrons. The number of carbonyl (C=O) groups is 1. The Kier molecular flexibility index (Phi) is 4.85. The monoisotopic (exact) mass is 336 g/mol. The van der Waals surface area contributed by atoms with E-state index in [1.807, 2.05) is 13.1 Å². The molecule has 1 saturated heterocycles. The van der Waals surface area contributed by atoms with E-state index in [1.54, 1.807) is 22.2 Å². The first-order chi connectivity index (χ1) is 10.6. The van der Waals surface area contributed by atoms with E-state index in [4.69, 9.17) is 0 Å². The van der Waals surface area contributed by atoms with Crippen molar-refractivity contribution in [1.82, 2.24) is 20.2 Å². The number of carbonyl (C=O) groups excluding carboxylic acids is 1. The predicted octanol–water partition coefficient (Wildman–Crippen LogP) is 2.55. The number of rotatable bonds is 4. The lowest BCUT2D eigenvalue weighted by molar-refractivity contribution is 0.0857. The molecule has 118 valence electrons. The molecule has 1 fully saturated rings. The summed E-state index contributed by atoms with van der Waals surface area (Å²) in [6, 6.07) is 0.230. The first-order valence-electron chi connectivity index (χ1n) is 7.44. The Morgan fingerprint density at radius 2 is 2.36 bits per heavy atom. The summed E-state index contributed by atoms with van der Waals surface area (Å²) >= 11 is 3.21. The number of amides is 1. The van der Waals surface area contributed by atoms with Crippen LogP contribution in [0.25, 0.3) is 0 Å². The van der Waals surface area contributed by atoms with Crippen molar-refractivity contribution in [3.05, 3.63) is 32.7 Å². The minimum absolute atomic E-state index is 0.0513. The number of hydrogen-bond acceptors (Lipinski definition) is 6. The minimum atomic E-state index is -0.0513. The first-order valence-corrected chi connectivity index (χ1v) is 9.20. The van der Waals surface area contributed by atoms with E-state index < -0.39 is 0 Å².